The Labute approximate surface area is 142 Å². The van der Waals surface area contributed by atoms with Crippen molar-refractivity contribution in [3.8, 4) is 10.4 Å². The molecule has 0 unspecified atom stereocenters. The van der Waals surface area contributed by atoms with Crippen molar-refractivity contribution < 1.29 is 9.53 Å². The first-order valence-corrected chi connectivity index (χ1v) is 8.66. The summed E-state index contributed by atoms with van der Waals surface area (Å²) in [5, 5.41) is 0. The first kappa shape index (κ1) is 17.5. The minimum absolute atomic E-state index is 0.167. The Morgan fingerprint density at radius 2 is 1.78 bits per heavy atom. The van der Waals surface area contributed by atoms with Crippen molar-refractivity contribution in [2.45, 2.75) is 40.0 Å². The van der Waals surface area contributed by atoms with Gasteiger partial charge in [-0.15, -0.1) is 11.3 Å². The second kappa shape index (κ2) is 6.36. The van der Waals surface area contributed by atoms with Crippen LogP contribution in [0.5, 0.6) is 0 Å². The number of para-hydroxylation sites is 1. The third-order valence-electron chi connectivity index (χ3n) is 4.80. The number of carbonyl (C=O) groups is 1. The van der Waals surface area contributed by atoms with Crippen LogP contribution in [-0.4, -0.2) is 12.6 Å². The van der Waals surface area contributed by atoms with E-state index in [0.29, 0.717) is 6.61 Å². The Hall–Kier alpha value is -1.81. The molecule has 0 aliphatic carbocycles. The highest BCUT2D eigenvalue weighted by Crippen LogP contribution is 2.46. The Morgan fingerprint density at radius 1 is 1.13 bits per heavy atom. The minimum Gasteiger partial charge on any atom is -0.466 e. The molecule has 1 aromatic heterocycles. The molecular weight excluding hydrogens is 306 g/mol. The van der Waals surface area contributed by atoms with Gasteiger partial charge >= 0.3 is 5.97 Å². The maximum Gasteiger partial charge on any atom is 0.312 e. The van der Waals surface area contributed by atoms with Crippen LogP contribution in [0.1, 0.15) is 39.5 Å². The van der Waals surface area contributed by atoms with Crippen LogP contribution >= 0.6 is 11.3 Å². The quantitative estimate of drug-likeness (QED) is 0.628. The van der Waals surface area contributed by atoms with Crippen molar-refractivity contribution >= 4 is 23.0 Å². The van der Waals surface area contributed by atoms with Crippen LogP contribution in [0.2, 0.25) is 0 Å². The van der Waals surface area contributed by atoms with E-state index in [9.17, 15) is 4.79 Å². The van der Waals surface area contributed by atoms with Gasteiger partial charge in [0.15, 0.2) is 0 Å². The Balaban J connectivity index is 2.39. The first-order valence-electron chi connectivity index (χ1n) is 7.84. The van der Waals surface area contributed by atoms with Crippen LogP contribution < -0.4 is 5.73 Å². The number of nitrogens with two attached hydrogens (primary N) is 1. The molecule has 2 aromatic rings. The van der Waals surface area contributed by atoms with Crippen molar-refractivity contribution in [3.63, 3.8) is 0 Å². The normalized spacial score (nSPS) is 12.2. The number of nitrogen functional groups attached to an aromatic ring is 1. The molecule has 0 radical (unpaired) electrons. The molecule has 0 saturated heterocycles. The van der Waals surface area contributed by atoms with Gasteiger partial charge in [-0.3, -0.25) is 4.79 Å². The summed E-state index contributed by atoms with van der Waals surface area (Å²) in [6.45, 7) is 10.3. The van der Waals surface area contributed by atoms with Crippen molar-refractivity contribution in [1.29, 1.82) is 0 Å². The van der Waals surface area contributed by atoms with Gasteiger partial charge in [0.1, 0.15) is 0 Å². The molecule has 0 saturated carbocycles. The zero-order valence-electron chi connectivity index (χ0n) is 14.5. The molecule has 3 nitrogen and oxygen atoms in total. The predicted molar refractivity (Wildman–Crippen MR) is 97.6 cm³/mol. The van der Waals surface area contributed by atoms with E-state index in [1.165, 1.54) is 0 Å². The number of carbonyl (C=O) groups excluding carboxylic acids is 1. The van der Waals surface area contributed by atoms with E-state index in [4.69, 9.17) is 10.5 Å². The maximum atomic E-state index is 12.4. The average Bonchev–Trinajstić information content (AvgIpc) is 2.98. The summed E-state index contributed by atoms with van der Waals surface area (Å²) in [6.07, 6.45) is 0. The molecule has 0 bridgehead atoms. The number of rotatable bonds is 5. The second-order valence-electron chi connectivity index (χ2n) is 6.72. The fourth-order valence-electron chi connectivity index (χ4n) is 2.41. The van der Waals surface area contributed by atoms with Gasteiger partial charge < -0.3 is 10.5 Å². The molecule has 0 atom stereocenters. The molecule has 0 spiro atoms. The highest BCUT2D eigenvalue weighted by atomic mass is 32.1. The van der Waals surface area contributed by atoms with Crippen LogP contribution in [0.4, 0.5) is 5.69 Å². The number of anilines is 1. The lowest BCUT2D eigenvalue weighted by atomic mass is 9.67. The van der Waals surface area contributed by atoms with E-state index in [0.717, 1.165) is 21.0 Å². The van der Waals surface area contributed by atoms with Gasteiger partial charge in [0.25, 0.3) is 0 Å². The average molecular weight is 331 g/mol. The fourth-order valence-corrected chi connectivity index (χ4v) is 3.73. The summed E-state index contributed by atoms with van der Waals surface area (Å²) < 4.78 is 5.27. The van der Waals surface area contributed by atoms with Crippen molar-refractivity contribution in [1.82, 2.24) is 0 Å². The smallest absolute Gasteiger partial charge is 0.312 e. The van der Waals surface area contributed by atoms with Crippen LogP contribution in [0, 0.1) is 5.41 Å². The highest BCUT2D eigenvalue weighted by molar-refractivity contribution is 7.15. The van der Waals surface area contributed by atoms with E-state index >= 15 is 0 Å². The fraction of sp³-hybridized carbons (Fsp3) is 0.421. The molecule has 124 valence electrons. The highest BCUT2D eigenvalue weighted by Gasteiger charge is 2.46. The van der Waals surface area contributed by atoms with Crippen molar-refractivity contribution in [2.75, 3.05) is 12.3 Å². The van der Waals surface area contributed by atoms with Crippen LogP contribution in [0.3, 0.4) is 0 Å². The first-order chi connectivity index (χ1) is 10.7. The van der Waals surface area contributed by atoms with Gasteiger partial charge in [0.2, 0.25) is 0 Å². The molecule has 1 aromatic carbocycles. The molecule has 0 aliphatic heterocycles. The second-order valence-corrected chi connectivity index (χ2v) is 7.81. The molecular formula is C19H25NO2S. The van der Waals surface area contributed by atoms with Crippen LogP contribution in [0.15, 0.2) is 36.4 Å². The van der Waals surface area contributed by atoms with Crippen LogP contribution in [-0.2, 0) is 14.9 Å². The van der Waals surface area contributed by atoms with E-state index in [2.05, 4.69) is 26.0 Å². The summed E-state index contributed by atoms with van der Waals surface area (Å²) in [5.74, 6) is -0.167. The third kappa shape index (κ3) is 3.13. The Kier molecular flexibility index (Phi) is 4.85. The van der Waals surface area contributed by atoms with Gasteiger partial charge in [0, 0.05) is 26.4 Å². The SMILES string of the molecule is CCOC(=O)C(C)(C)C(C)(C)c1ccc(-c2ccccc2N)s1. The molecule has 2 rings (SSSR count). The Bertz CT molecular complexity index is 701. The monoisotopic (exact) mass is 331 g/mol. The lowest BCUT2D eigenvalue weighted by molar-refractivity contribution is -0.157. The molecule has 1 heterocycles. The van der Waals surface area contributed by atoms with Gasteiger partial charge in [-0.25, -0.2) is 0 Å². The minimum atomic E-state index is -0.618. The van der Waals surface area contributed by atoms with E-state index in [-0.39, 0.29) is 11.4 Å². The van der Waals surface area contributed by atoms with Gasteiger partial charge in [0.05, 0.1) is 12.0 Å². The van der Waals surface area contributed by atoms with Gasteiger partial charge in [-0.1, -0.05) is 32.0 Å². The lowest BCUT2D eigenvalue weighted by Gasteiger charge is -2.38. The molecule has 0 aliphatic rings. The van der Waals surface area contributed by atoms with Crippen molar-refractivity contribution in [3.05, 3.63) is 41.3 Å². The van der Waals surface area contributed by atoms with Crippen LogP contribution in [0.25, 0.3) is 10.4 Å². The largest absolute Gasteiger partial charge is 0.466 e. The molecule has 0 amide bonds. The summed E-state index contributed by atoms with van der Waals surface area (Å²) in [6, 6.07) is 12.0. The number of esters is 1. The number of thiophene rings is 1. The summed E-state index contributed by atoms with van der Waals surface area (Å²) >= 11 is 1.68. The Morgan fingerprint density at radius 3 is 2.39 bits per heavy atom. The summed E-state index contributed by atoms with van der Waals surface area (Å²) in [7, 11) is 0. The van der Waals surface area contributed by atoms with Gasteiger partial charge in [-0.2, -0.15) is 0 Å². The summed E-state index contributed by atoms with van der Waals surface area (Å²) in [4.78, 5) is 14.6. The number of hydrogen-bond donors (Lipinski definition) is 1. The zero-order chi connectivity index (χ0) is 17.3. The van der Waals surface area contributed by atoms with Gasteiger partial charge in [-0.05, 0) is 39.0 Å². The molecule has 0 fully saturated rings. The third-order valence-corrected chi connectivity index (χ3v) is 6.24. The maximum absolute atomic E-state index is 12.4. The van der Waals surface area contributed by atoms with E-state index in [1.54, 1.807) is 11.3 Å². The van der Waals surface area contributed by atoms with Crippen molar-refractivity contribution in [2.24, 2.45) is 5.41 Å². The van der Waals surface area contributed by atoms with E-state index in [1.807, 2.05) is 45.0 Å². The standard InChI is InChI=1S/C19H25NO2S/c1-6-22-17(21)19(4,5)18(2,3)16-12-11-15(23-16)13-9-7-8-10-14(13)20/h7-12H,6,20H2,1-5H3. The predicted octanol–water partition coefficient (Wildman–Crippen LogP) is 4.86. The zero-order valence-corrected chi connectivity index (χ0v) is 15.3. The summed E-state index contributed by atoms with van der Waals surface area (Å²) in [5.41, 5.74) is 6.92. The number of benzene rings is 1. The van der Waals surface area contributed by atoms with E-state index < -0.39 is 5.41 Å². The molecule has 23 heavy (non-hydrogen) atoms. The number of ether oxygens (including phenoxy) is 1. The lowest BCUT2D eigenvalue weighted by Crippen LogP contribution is -2.43. The number of hydrogen-bond acceptors (Lipinski definition) is 4. The molecule has 4 heteroatoms. The topological polar surface area (TPSA) is 52.3 Å². The molecule has 2 N–H and O–H groups in total.